The Balaban J connectivity index is 1.38. The Labute approximate surface area is 386 Å². The van der Waals surface area contributed by atoms with Gasteiger partial charge in [-0.3, -0.25) is 24.1 Å². The molecule has 4 saturated heterocycles. The molecule has 4 aliphatic rings. The second-order valence-electron chi connectivity index (χ2n) is 16.9. The molecule has 0 saturated carbocycles. The maximum Gasteiger partial charge on any atom is 0.333 e. The first-order chi connectivity index (χ1) is 31.9. The standard InChI is InChI=1S/C41H69N3O23/c1-21-29(51)32(54)35(57)39(64-21)61-16-13-42-38(60)23(9-4-2-3-7-22(47)8-5-6-10-28(50)67-44-26(48)11-12-27(44)49)43(14-17-62-40-36(58)33(55)30(52)24(19-45)65-40)15-18-63-41-37(59)34(56)31(53)25(20-46)66-41/h21,23-25,29-37,39-41,45-46,51-59H,2-20H2,1H3,(H,42,60)/t21-,23-,24+,25+,29+,30+,31+,32+,33-,34-,35-,36-,37-,39+,40-,41-/m0/s1. The van der Waals surface area contributed by atoms with E-state index in [2.05, 4.69) is 5.32 Å². The van der Waals surface area contributed by atoms with Crippen LogP contribution in [0.1, 0.15) is 77.6 Å². The van der Waals surface area contributed by atoms with Gasteiger partial charge in [0.25, 0.3) is 11.8 Å². The van der Waals surface area contributed by atoms with E-state index < -0.39 is 135 Å². The number of amides is 3. The third-order valence-corrected chi connectivity index (χ3v) is 12.0. The van der Waals surface area contributed by atoms with Crippen LogP contribution in [0.5, 0.6) is 0 Å². The minimum Gasteiger partial charge on any atom is -0.394 e. The zero-order valence-electron chi connectivity index (χ0n) is 37.4. The molecule has 4 aliphatic heterocycles. The fraction of sp³-hybridized carbons (Fsp3) is 0.878. The molecule has 26 heteroatoms. The van der Waals surface area contributed by atoms with Gasteiger partial charge in [0.2, 0.25) is 5.91 Å². The molecule has 0 radical (unpaired) electrons. The van der Waals surface area contributed by atoms with Gasteiger partial charge in [-0.05, 0) is 32.6 Å². The van der Waals surface area contributed by atoms with Crippen molar-refractivity contribution in [2.45, 2.75) is 176 Å². The van der Waals surface area contributed by atoms with Crippen molar-refractivity contribution in [2.75, 3.05) is 52.7 Å². The third kappa shape index (κ3) is 16.3. The summed E-state index contributed by atoms with van der Waals surface area (Å²) in [6.07, 6.45) is -20.1. The first kappa shape index (κ1) is 56.6. The summed E-state index contributed by atoms with van der Waals surface area (Å²) in [6.45, 7) is -1.04. The molecule has 0 bridgehead atoms. The van der Waals surface area contributed by atoms with E-state index in [1.165, 1.54) is 6.92 Å². The van der Waals surface area contributed by atoms with Crippen LogP contribution in [0.25, 0.3) is 0 Å². The quantitative estimate of drug-likeness (QED) is 0.0256. The summed E-state index contributed by atoms with van der Waals surface area (Å²) in [4.78, 5) is 68.6. The van der Waals surface area contributed by atoms with Gasteiger partial charge in [-0.15, -0.1) is 5.06 Å². The van der Waals surface area contributed by atoms with Crippen molar-refractivity contribution in [3.63, 3.8) is 0 Å². The van der Waals surface area contributed by atoms with Gasteiger partial charge in [0.1, 0.15) is 72.9 Å². The average molecular weight is 972 g/mol. The van der Waals surface area contributed by atoms with Gasteiger partial charge in [-0.25, -0.2) is 4.79 Å². The van der Waals surface area contributed by atoms with Gasteiger partial charge < -0.3 is 94.7 Å². The van der Waals surface area contributed by atoms with Crippen molar-refractivity contribution in [3.05, 3.63) is 0 Å². The number of imide groups is 1. The van der Waals surface area contributed by atoms with Crippen LogP contribution in [0.4, 0.5) is 0 Å². The molecule has 4 rings (SSSR count). The first-order valence-corrected chi connectivity index (χ1v) is 22.7. The number of carbonyl (C=O) groups is 5. The zero-order chi connectivity index (χ0) is 49.4. The van der Waals surface area contributed by atoms with Crippen molar-refractivity contribution in [1.82, 2.24) is 15.3 Å². The minimum absolute atomic E-state index is 0.0296. The van der Waals surface area contributed by atoms with E-state index in [4.69, 9.17) is 33.3 Å². The van der Waals surface area contributed by atoms with Gasteiger partial charge in [0, 0.05) is 51.7 Å². The van der Waals surface area contributed by atoms with Crippen molar-refractivity contribution >= 4 is 29.5 Å². The highest BCUT2D eigenvalue weighted by molar-refractivity contribution is 6.01. The molecule has 0 aromatic carbocycles. The van der Waals surface area contributed by atoms with E-state index in [9.17, 15) is 80.1 Å². The van der Waals surface area contributed by atoms with Crippen LogP contribution in [0.3, 0.4) is 0 Å². The largest absolute Gasteiger partial charge is 0.394 e. The molecule has 4 fully saturated rings. The van der Waals surface area contributed by atoms with Crippen LogP contribution in [0.2, 0.25) is 0 Å². The van der Waals surface area contributed by atoms with Crippen molar-refractivity contribution in [2.24, 2.45) is 0 Å². The number of unbranched alkanes of at least 4 members (excludes halogenated alkanes) is 3. The zero-order valence-corrected chi connectivity index (χ0v) is 37.4. The fourth-order valence-electron chi connectivity index (χ4n) is 7.86. The maximum absolute atomic E-state index is 14.0. The average Bonchev–Trinajstić information content (AvgIpc) is 3.62. The van der Waals surface area contributed by atoms with Gasteiger partial charge >= 0.3 is 5.97 Å². The molecule has 26 nitrogen and oxygen atoms in total. The number of hydrogen-bond acceptors (Lipinski definition) is 24. The number of aliphatic hydroxyl groups excluding tert-OH is 11. The van der Waals surface area contributed by atoms with Crippen molar-refractivity contribution < 1.29 is 113 Å². The number of aliphatic hydroxyl groups is 11. The maximum atomic E-state index is 14.0. The monoisotopic (exact) mass is 971 g/mol. The molecule has 0 aromatic heterocycles. The van der Waals surface area contributed by atoms with Crippen LogP contribution < -0.4 is 5.32 Å². The molecule has 12 N–H and O–H groups in total. The number of ketones is 1. The second kappa shape index (κ2) is 28.0. The molecule has 0 spiro atoms. The summed E-state index contributed by atoms with van der Waals surface area (Å²) < 4.78 is 33.4. The molecule has 16 atom stereocenters. The summed E-state index contributed by atoms with van der Waals surface area (Å²) in [5.41, 5.74) is 0. The highest BCUT2D eigenvalue weighted by Crippen LogP contribution is 2.25. The number of carbonyl (C=O) groups excluding carboxylic acids is 5. The SMILES string of the molecule is C[C@@H]1O[C@@H](OCCNC(=O)[C@H](CCCCCC(=O)CCCCC(=O)ON2C(=O)CCC2=O)N(CCO[C@H]2O[C@H](CO)[C@@H](O)[C@H](O)[C@@H]2O)CCO[C@H]2O[C@H](CO)[C@@H](O)[C@H](O)[C@@H]2O)[C@@H](O)[C@H](O)[C@@H]1O. The minimum atomic E-state index is -1.73. The summed E-state index contributed by atoms with van der Waals surface area (Å²) in [5, 5.41) is 115. The summed E-state index contributed by atoms with van der Waals surface area (Å²) in [5.74, 6) is -2.57. The smallest absolute Gasteiger partial charge is 0.333 e. The lowest BCUT2D eigenvalue weighted by Gasteiger charge is -2.40. The Morgan fingerprint density at radius 2 is 1.09 bits per heavy atom. The second-order valence-corrected chi connectivity index (χ2v) is 16.9. The summed E-state index contributed by atoms with van der Waals surface area (Å²) in [7, 11) is 0. The van der Waals surface area contributed by atoms with E-state index in [-0.39, 0.29) is 90.2 Å². The summed E-state index contributed by atoms with van der Waals surface area (Å²) >= 11 is 0. The molecule has 0 aliphatic carbocycles. The number of rotatable bonds is 28. The van der Waals surface area contributed by atoms with E-state index in [0.29, 0.717) is 30.7 Å². The summed E-state index contributed by atoms with van der Waals surface area (Å²) in [6, 6.07) is -0.994. The molecular formula is C41H69N3O23. The highest BCUT2D eigenvalue weighted by Gasteiger charge is 2.46. The van der Waals surface area contributed by atoms with E-state index in [0.717, 1.165) is 0 Å². The van der Waals surface area contributed by atoms with Crippen LogP contribution in [-0.2, 0) is 57.2 Å². The van der Waals surface area contributed by atoms with Gasteiger partial charge in [0.05, 0.1) is 45.2 Å². The van der Waals surface area contributed by atoms with Gasteiger partial charge in [0.15, 0.2) is 18.9 Å². The van der Waals surface area contributed by atoms with E-state index in [1.807, 2.05) is 0 Å². The van der Waals surface area contributed by atoms with Crippen molar-refractivity contribution in [3.8, 4) is 0 Å². The Bertz CT molecular complexity index is 1500. The molecule has 3 amide bonds. The van der Waals surface area contributed by atoms with Crippen LogP contribution in [0, 0.1) is 0 Å². The number of nitrogens with one attached hydrogen (secondary N) is 1. The Morgan fingerprint density at radius 1 is 0.627 bits per heavy atom. The number of nitrogens with zero attached hydrogens (tertiary/aromatic N) is 2. The molecular weight excluding hydrogens is 902 g/mol. The van der Waals surface area contributed by atoms with Crippen molar-refractivity contribution in [1.29, 1.82) is 0 Å². The number of ether oxygens (including phenoxy) is 6. The number of hydrogen-bond donors (Lipinski definition) is 12. The lowest BCUT2D eigenvalue weighted by Crippen LogP contribution is -2.59. The lowest BCUT2D eigenvalue weighted by molar-refractivity contribution is -0.303. The number of hydroxylamine groups is 2. The predicted octanol–water partition coefficient (Wildman–Crippen LogP) is -6.06. The van der Waals surface area contributed by atoms with Crippen LogP contribution >= 0.6 is 0 Å². The normalized spacial score (nSPS) is 34.1. The molecule has 386 valence electrons. The third-order valence-electron chi connectivity index (χ3n) is 12.0. The van der Waals surface area contributed by atoms with E-state index >= 15 is 0 Å². The van der Waals surface area contributed by atoms with Gasteiger partial charge in [-0.2, -0.15) is 0 Å². The lowest BCUT2D eigenvalue weighted by atomic mass is 9.99. The van der Waals surface area contributed by atoms with Crippen LogP contribution in [0.15, 0.2) is 0 Å². The molecule has 0 unspecified atom stereocenters. The Hall–Kier alpha value is -2.97. The van der Waals surface area contributed by atoms with Crippen LogP contribution in [-0.4, -0.2) is 246 Å². The number of Topliss-reactive ketones (excluding diaryl/α,β-unsaturated/α-hetero) is 1. The predicted molar refractivity (Wildman–Crippen MR) is 220 cm³/mol. The van der Waals surface area contributed by atoms with Gasteiger partial charge in [-0.1, -0.05) is 12.8 Å². The first-order valence-electron chi connectivity index (χ1n) is 22.7. The fourth-order valence-corrected chi connectivity index (χ4v) is 7.86. The Kier molecular flexibility index (Phi) is 23.7. The molecule has 0 aromatic rings. The Morgan fingerprint density at radius 3 is 1.61 bits per heavy atom. The molecule has 67 heavy (non-hydrogen) atoms. The highest BCUT2D eigenvalue weighted by atomic mass is 16.7. The molecule has 4 heterocycles. The van der Waals surface area contributed by atoms with E-state index in [1.54, 1.807) is 4.90 Å². The topological polar surface area (TPSA) is 391 Å².